The molecule has 0 spiro atoms. The van der Waals surface area contributed by atoms with Crippen LogP contribution in [0.2, 0.25) is 0 Å². The third kappa shape index (κ3) is 4.61. The van der Waals surface area contributed by atoms with Crippen molar-refractivity contribution >= 4 is 34.9 Å². The van der Waals surface area contributed by atoms with Crippen molar-refractivity contribution in [2.24, 2.45) is 0 Å². The number of carbonyl (C=O) groups is 1. The van der Waals surface area contributed by atoms with Crippen LogP contribution in [-0.4, -0.2) is 32.9 Å². The van der Waals surface area contributed by atoms with Crippen molar-refractivity contribution in [2.45, 2.75) is 26.4 Å². The van der Waals surface area contributed by atoms with Gasteiger partial charge in [0.25, 0.3) is 5.56 Å². The zero-order chi connectivity index (χ0) is 20.3. The summed E-state index contributed by atoms with van der Waals surface area (Å²) >= 11 is 1.25. The molecular formula is C19H20N4O4S. The molecular weight excluding hydrogens is 380 g/mol. The van der Waals surface area contributed by atoms with Gasteiger partial charge in [-0.3, -0.25) is 4.79 Å². The van der Waals surface area contributed by atoms with Crippen LogP contribution < -0.4 is 14.6 Å². The smallest absolute Gasteiger partial charge is 0.425 e. The van der Waals surface area contributed by atoms with Crippen LogP contribution in [0.25, 0.3) is 11.2 Å². The minimum Gasteiger partial charge on any atom is -0.455 e. The van der Waals surface area contributed by atoms with Gasteiger partial charge in [0.1, 0.15) is 16.9 Å². The molecule has 146 valence electrons. The first kappa shape index (κ1) is 19.7. The molecule has 2 heterocycles. The highest BCUT2D eigenvalue weighted by Crippen LogP contribution is 2.30. The third-order valence-electron chi connectivity index (χ3n) is 3.48. The molecule has 2 aromatic heterocycles. The number of rotatable bonds is 4. The number of hydrogen-bond donors (Lipinski definition) is 1. The lowest BCUT2D eigenvalue weighted by atomic mass is 10.2. The van der Waals surface area contributed by atoms with Crippen LogP contribution in [0, 0.1) is 0 Å². The lowest BCUT2D eigenvalue weighted by molar-refractivity contribution is 0.0612. The minimum atomic E-state index is -0.579. The van der Waals surface area contributed by atoms with E-state index in [1.54, 1.807) is 36.6 Å². The highest BCUT2D eigenvalue weighted by atomic mass is 32.2. The van der Waals surface area contributed by atoms with Crippen LogP contribution in [-0.2, 0) is 4.74 Å². The Hall–Kier alpha value is -3.07. The van der Waals surface area contributed by atoms with E-state index in [-0.39, 0.29) is 5.56 Å². The second-order valence-corrected chi connectivity index (χ2v) is 7.54. The molecule has 1 aromatic carbocycles. The number of nitrogens with one attached hydrogen (secondary N) is 1. The Kier molecular flexibility index (Phi) is 5.55. The van der Waals surface area contributed by atoms with Gasteiger partial charge in [-0.25, -0.2) is 19.1 Å². The van der Waals surface area contributed by atoms with E-state index in [1.165, 1.54) is 28.6 Å². The van der Waals surface area contributed by atoms with E-state index in [2.05, 4.69) is 15.0 Å². The lowest BCUT2D eigenvalue weighted by Crippen LogP contribution is -2.32. The van der Waals surface area contributed by atoms with Crippen LogP contribution in [0.3, 0.4) is 0 Å². The second-order valence-electron chi connectivity index (χ2n) is 6.81. The van der Waals surface area contributed by atoms with Crippen LogP contribution in [0.15, 0.2) is 47.5 Å². The van der Waals surface area contributed by atoms with E-state index >= 15 is 0 Å². The molecule has 0 saturated carbocycles. The summed E-state index contributed by atoms with van der Waals surface area (Å²) in [5, 5.41) is 0. The quantitative estimate of drug-likeness (QED) is 0.658. The Bertz CT molecular complexity index is 1040. The third-order valence-corrected chi connectivity index (χ3v) is 4.21. The summed E-state index contributed by atoms with van der Waals surface area (Å²) in [4.78, 5) is 34.5. The Balaban J connectivity index is 1.81. The fourth-order valence-corrected chi connectivity index (χ4v) is 2.89. The molecule has 1 amide bonds. The zero-order valence-electron chi connectivity index (χ0n) is 15.9. The molecule has 0 aliphatic rings. The fourth-order valence-electron chi connectivity index (χ4n) is 2.37. The average molecular weight is 400 g/mol. The minimum absolute atomic E-state index is 0.333. The maximum absolute atomic E-state index is 12.3. The van der Waals surface area contributed by atoms with Crippen molar-refractivity contribution < 1.29 is 14.3 Å². The number of fused-ring (bicyclic) bond motifs is 1. The SMILES string of the molecule is CSN(C(=O)OC(C)(C)C)c1ccc(Oc2ccnc3[nH]c(=O)cnc23)cc1. The molecule has 0 saturated heterocycles. The molecule has 0 radical (unpaired) electrons. The summed E-state index contributed by atoms with van der Waals surface area (Å²) in [5.41, 5.74) is 0.549. The molecule has 9 heteroatoms. The van der Waals surface area contributed by atoms with Crippen molar-refractivity contribution in [1.29, 1.82) is 0 Å². The van der Waals surface area contributed by atoms with Gasteiger partial charge in [0.15, 0.2) is 11.4 Å². The molecule has 3 rings (SSSR count). The van der Waals surface area contributed by atoms with Crippen molar-refractivity contribution in [1.82, 2.24) is 15.0 Å². The van der Waals surface area contributed by atoms with Gasteiger partial charge >= 0.3 is 6.09 Å². The van der Waals surface area contributed by atoms with Gasteiger partial charge in [0.2, 0.25) is 0 Å². The molecule has 28 heavy (non-hydrogen) atoms. The number of amides is 1. The summed E-state index contributed by atoms with van der Waals surface area (Å²) in [6.45, 7) is 5.46. The van der Waals surface area contributed by atoms with Crippen molar-refractivity contribution in [2.75, 3.05) is 10.6 Å². The van der Waals surface area contributed by atoms with E-state index in [0.717, 1.165) is 0 Å². The molecule has 0 aliphatic heterocycles. The number of carbonyl (C=O) groups excluding carboxylic acids is 1. The number of anilines is 1. The van der Waals surface area contributed by atoms with Crippen LogP contribution in [0.1, 0.15) is 20.8 Å². The maximum Gasteiger partial charge on any atom is 0.425 e. The predicted octanol–water partition coefficient (Wildman–Crippen LogP) is 4.13. The average Bonchev–Trinajstić information content (AvgIpc) is 2.62. The number of pyridine rings is 1. The van der Waals surface area contributed by atoms with Gasteiger partial charge in [0.05, 0.1) is 11.9 Å². The summed E-state index contributed by atoms with van der Waals surface area (Å²) in [7, 11) is 0. The van der Waals surface area contributed by atoms with Gasteiger partial charge in [-0.05, 0) is 57.0 Å². The second kappa shape index (κ2) is 7.89. The van der Waals surface area contributed by atoms with Crippen molar-refractivity contribution in [3.63, 3.8) is 0 Å². The van der Waals surface area contributed by atoms with Gasteiger partial charge in [-0.2, -0.15) is 0 Å². The number of hydrogen-bond acceptors (Lipinski definition) is 7. The van der Waals surface area contributed by atoms with E-state index in [9.17, 15) is 9.59 Å². The first-order valence-electron chi connectivity index (χ1n) is 8.46. The summed E-state index contributed by atoms with van der Waals surface area (Å²) in [6, 6.07) is 8.65. The van der Waals surface area contributed by atoms with Crippen LogP contribution in [0.4, 0.5) is 10.5 Å². The van der Waals surface area contributed by atoms with Crippen molar-refractivity contribution in [3.8, 4) is 11.5 Å². The highest BCUT2D eigenvalue weighted by molar-refractivity contribution is 8.00. The van der Waals surface area contributed by atoms with E-state index in [1.807, 2.05) is 20.8 Å². The Morgan fingerprint density at radius 3 is 2.50 bits per heavy atom. The summed E-state index contributed by atoms with van der Waals surface area (Å²) < 4.78 is 12.8. The number of nitrogens with zero attached hydrogens (tertiary/aromatic N) is 3. The van der Waals surface area contributed by atoms with E-state index in [0.29, 0.717) is 28.4 Å². The Labute approximate surface area is 166 Å². The van der Waals surface area contributed by atoms with Gasteiger partial charge in [-0.1, -0.05) is 0 Å². The van der Waals surface area contributed by atoms with Crippen LogP contribution >= 0.6 is 11.9 Å². The zero-order valence-corrected chi connectivity index (χ0v) is 16.7. The molecule has 0 bridgehead atoms. The number of aromatic nitrogens is 3. The van der Waals surface area contributed by atoms with E-state index < -0.39 is 11.7 Å². The predicted molar refractivity (Wildman–Crippen MR) is 109 cm³/mol. The fraction of sp³-hybridized carbons (Fsp3) is 0.263. The number of ether oxygens (including phenoxy) is 2. The molecule has 0 aliphatic carbocycles. The standard InChI is InChI=1S/C19H20N4O4S/c1-19(2,3)27-18(25)23(28-4)12-5-7-13(8-6-12)26-14-9-10-20-17-16(14)21-11-15(24)22-17/h5-11H,1-4H3,(H,20,22,24). The first-order chi connectivity index (χ1) is 13.3. The maximum atomic E-state index is 12.3. The van der Waals surface area contributed by atoms with Gasteiger partial charge < -0.3 is 14.5 Å². The molecule has 8 nitrogen and oxygen atoms in total. The largest absolute Gasteiger partial charge is 0.455 e. The van der Waals surface area contributed by atoms with E-state index in [4.69, 9.17) is 9.47 Å². The number of aromatic amines is 1. The topological polar surface area (TPSA) is 97.4 Å². The molecule has 3 aromatic rings. The molecule has 1 N–H and O–H groups in total. The highest BCUT2D eigenvalue weighted by Gasteiger charge is 2.23. The van der Waals surface area contributed by atoms with Crippen LogP contribution in [0.5, 0.6) is 11.5 Å². The first-order valence-corrected chi connectivity index (χ1v) is 9.64. The Morgan fingerprint density at radius 1 is 1.14 bits per heavy atom. The monoisotopic (exact) mass is 400 g/mol. The molecule has 0 atom stereocenters. The van der Waals surface area contributed by atoms with Gasteiger partial charge in [0, 0.05) is 18.5 Å². The summed E-state index contributed by atoms with van der Waals surface area (Å²) in [6.07, 6.45) is 4.06. The number of H-pyrrole nitrogens is 1. The molecule has 0 unspecified atom stereocenters. The number of benzene rings is 1. The lowest BCUT2D eigenvalue weighted by Gasteiger charge is -2.25. The normalized spacial score (nSPS) is 11.3. The van der Waals surface area contributed by atoms with Gasteiger partial charge in [-0.15, -0.1) is 0 Å². The Morgan fingerprint density at radius 2 is 1.86 bits per heavy atom. The molecule has 0 fully saturated rings. The summed E-state index contributed by atoms with van der Waals surface area (Å²) in [5.74, 6) is 1.01. The van der Waals surface area contributed by atoms with Crippen molar-refractivity contribution in [3.05, 3.63) is 53.1 Å².